The first-order valence-corrected chi connectivity index (χ1v) is 5.43. The molecule has 1 fully saturated rings. The van der Waals surface area contributed by atoms with E-state index in [0.29, 0.717) is 5.61 Å². The van der Waals surface area contributed by atoms with E-state index in [0.717, 1.165) is 0 Å². The molecule has 90 valence electrons. The van der Waals surface area contributed by atoms with Crippen LogP contribution in [0.2, 0.25) is 0 Å². The predicted molar refractivity (Wildman–Crippen MR) is 67.4 cm³/mol. The van der Waals surface area contributed by atoms with Gasteiger partial charge in [0.15, 0.2) is 0 Å². The monoisotopic (exact) mass is 224 g/mol. The second-order valence-corrected chi connectivity index (χ2v) is 5.16. The van der Waals surface area contributed by atoms with E-state index >= 15 is 0 Å². The topological polar surface area (TPSA) is 34.1 Å². The maximum absolute atomic E-state index is 5.87. The van der Waals surface area contributed by atoms with Gasteiger partial charge in [-0.15, -0.1) is 0 Å². The second-order valence-electron chi connectivity index (χ2n) is 5.16. The van der Waals surface area contributed by atoms with Crippen LogP contribution in [0.5, 0.6) is 0 Å². The lowest BCUT2D eigenvalue weighted by Crippen LogP contribution is -2.41. The van der Waals surface area contributed by atoms with Gasteiger partial charge in [0.05, 0.1) is 16.8 Å². The van der Waals surface area contributed by atoms with Gasteiger partial charge in [-0.25, -0.2) is 0 Å². The molecule has 1 saturated heterocycles. The molecule has 16 heavy (non-hydrogen) atoms. The summed E-state index contributed by atoms with van der Waals surface area (Å²) in [5.74, 6) is 0. The Bertz CT molecular complexity index is 295. The molecule has 0 radical (unpaired) electrons. The summed E-state index contributed by atoms with van der Waals surface area (Å²) in [6, 6.07) is 0. The minimum Gasteiger partial charge on any atom is -0.398 e. The van der Waals surface area contributed by atoms with Crippen molar-refractivity contribution in [2.45, 2.75) is 38.9 Å². The Morgan fingerprint density at radius 3 is 1.94 bits per heavy atom. The highest BCUT2D eigenvalue weighted by molar-refractivity contribution is 6.84. The number of allylic oxidation sites excluding steroid dienone is 1. The Kier molecular flexibility index (Phi) is 3.50. The van der Waals surface area contributed by atoms with Crippen LogP contribution in [0.3, 0.4) is 0 Å². The largest absolute Gasteiger partial charge is 0.516 e. The SMILES string of the molecule is C=C/C(=N\N(C)C)B1OC(C)(C)C(C)(C)O1. The highest BCUT2D eigenvalue weighted by atomic mass is 16.7. The van der Waals surface area contributed by atoms with Crippen molar-refractivity contribution < 1.29 is 9.31 Å². The third kappa shape index (κ3) is 2.47. The van der Waals surface area contributed by atoms with Gasteiger partial charge >= 0.3 is 7.12 Å². The van der Waals surface area contributed by atoms with Crippen molar-refractivity contribution in [3.8, 4) is 0 Å². The lowest BCUT2D eigenvalue weighted by molar-refractivity contribution is 0.00578. The second kappa shape index (κ2) is 4.22. The Labute approximate surface area is 98.4 Å². The van der Waals surface area contributed by atoms with Crippen LogP contribution < -0.4 is 0 Å². The molecule has 0 aliphatic carbocycles. The Balaban J connectivity index is 2.90. The number of nitrogens with zero attached hydrogens (tertiary/aromatic N) is 2. The fourth-order valence-corrected chi connectivity index (χ4v) is 1.38. The summed E-state index contributed by atoms with van der Waals surface area (Å²) >= 11 is 0. The van der Waals surface area contributed by atoms with Crippen molar-refractivity contribution in [3.05, 3.63) is 12.7 Å². The molecule has 1 aliphatic heterocycles. The third-order valence-electron chi connectivity index (χ3n) is 3.02. The van der Waals surface area contributed by atoms with E-state index in [1.54, 1.807) is 11.1 Å². The van der Waals surface area contributed by atoms with Crippen LogP contribution in [0.1, 0.15) is 27.7 Å². The summed E-state index contributed by atoms with van der Waals surface area (Å²) in [6.45, 7) is 11.8. The third-order valence-corrected chi connectivity index (χ3v) is 3.02. The Morgan fingerprint density at radius 2 is 1.62 bits per heavy atom. The van der Waals surface area contributed by atoms with Crippen LogP contribution in [0.25, 0.3) is 0 Å². The number of hydrogen-bond acceptors (Lipinski definition) is 4. The molecule has 5 heteroatoms. The molecule has 0 aromatic heterocycles. The van der Waals surface area contributed by atoms with Crippen molar-refractivity contribution in [1.82, 2.24) is 5.01 Å². The van der Waals surface area contributed by atoms with Crippen LogP contribution in [-0.4, -0.2) is 43.0 Å². The quantitative estimate of drug-likeness (QED) is 0.416. The van der Waals surface area contributed by atoms with Gasteiger partial charge in [-0.3, -0.25) is 0 Å². The summed E-state index contributed by atoms with van der Waals surface area (Å²) in [6.07, 6.45) is 1.67. The molecule has 1 rings (SSSR count). The van der Waals surface area contributed by atoms with Gasteiger partial charge in [0.1, 0.15) is 0 Å². The van der Waals surface area contributed by atoms with Crippen LogP contribution >= 0.6 is 0 Å². The van der Waals surface area contributed by atoms with Gasteiger partial charge in [-0.2, -0.15) is 5.10 Å². The van der Waals surface area contributed by atoms with Gasteiger partial charge in [0.2, 0.25) is 0 Å². The minimum atomic E-state index is -0.440. The molecule has 0 saturated carbocycles. The van der Waals surface area contributed by atoms with Crippen molar-refractivity contribution in [3.63, 3.8) is 0 Å². The van der Waals surface area contributed by atoms with Gasteiger partial charge in [0, 0.05) is 14.1 Å². The van der Waals surface area contributed by atoms with Crippen molar-refractivity contribution >= 4 is 12.7 Å². The first-order chi connectivity index (χ1) is 7.19. The van der Waals surface area contributed by atoms with Crippen LogP contribution in [0, 0.1) is 0 Å². The summed E-state index contributed by atoms with van der Waals surface area (Å²) in [5, 5.41) is 6.00. The Morgan fingerprint density at radius 1 is 1.19 bits per heavy atom. The molecule has 0 N–H and O–H groups in total. The van der Waals surface area contributed by atoms with Crippen LogP contribution in [-0.2, 0) is 9.31 Å². The summed E-state index contributed by atoms with van der Waals surface area (Å²) in [5.41, 5.74) is 0.0188. The maximum atomic E-state index is 5.87. The van der Waals surface area contributed by atoms with E-state index in [-0.39, 0.29) is 11.2 Å². The molecule has 0 aromatic rings. The van der Waals surface area contributed by atoms with Crippen molar-refractivity contribution in [2.75, 3.05) is 14.1 Å². The predicted octanol–water partition coefficient (Wildman–Crippen LogP) is 1.72. The van der Waals surface area contributed by atoms with Crippen molar-refractivity contribution in [1.29, 1.82) is 0 Å². The summed E-state index contributed by atoms with van der Waals surface area (Å²) < 4.78 is 11.7. The zero-order chi connectivity index (χ0) is 12.6. The Hall–Kier alpha value is -0.805. The standard InChI is InChI=1S/C11H21BN2O2/c1-8-9(13-14(6)7)12-15-10(2,3)11(4,5)16-12/h8H,1H2,2-7H3/b13-9+. The number of rotatable bonds is 3. The van der Waals surface area contributed by atoms with E-state index < -0.39 is 7.12 Å². The molecular formula is C11H21BN2O2. The molecule has 0 spiro atoms. The molecule has 1 heterocycles. The molecule has 0 aromatic carbocycles. The number of hydrazone groups is 1. The van der Waals surface area contributed by atoms with Gasteiger partial charge < -0.3 is 14.3 Å². The molecule has 4 nitrogen and oxygen atoms in total. The maximum Gasteiger partial charge on any atom is 0.516 e. The van der Waals surface area contributed by atoms with E-state index in [4.69, 9.17) is 9.31 Å². The first kappa shape index (κ1) is 13.3. The van der Waals surface area contributed by atoms with Crippen LogP contribution in [0.4, 0.5) is 0 Å². The van der Waals surface area contributed by atoms with E-state index in [9.17, 15) is 0 Å². The minimum absolute atomic E-state index is 0.340. The molecule has 0 atom stereocenters. The fourth-order valence-electron chi connectivity index (χ4n) is 1.38. The molecule has 0 unspecified atom stereocenters. The molecular weight excluding hydrogens is 203 g/mol. The normalized spacial score (nSPS) is 23.4. The lowest BCUT2D eigenvalue weighted by atomic mass is 9.82. The summed E-state index contributed by atoms with van der Waals surface area (Å²) in [7, 11) is 3.27. The summed E-state index contributed by atoms with van der Waals surface area (Å²) in [4.78, 5) is 0. The lowest BCUT2D eigenvalue weighted by Gasteiger charge is -2.32. The number of hydrogen-bond donors (Lipinski definition) is 0. The van der Waals surface area contributed by atoms with Crippen molar-refractivity contribution in [2.24, 2.45) is 5.10 Å². The van der Waals surface area contributed by atoms with E-state index in [1.807, 2.05) is 41.8 Å². The van der Waals surface area contributed by atoms with Gasteiger partial charge in [-0.1, -0.05) is 6.58 Å². The zero-order valence-electron chi connectivity index (χ0n) is 11.1. The average molecular weight is 224 g/mol. The van der Waals surface area contributed by atoms with Crippen LogP contribution in [0.15, 0.2) is 17.8 Å². The highest BCUT2D eigenvalue weighted by Crippen LogP contribution is 2.37. The van der Waals surface area contributed by atoms with Gasteiger partial charge in [0.25, 0.3) is 0 Å². The zero-order valence-corrected chi connectivity index (χ0v) is 11.1. The smallest absolute Gasteiger partial charge is 0.398 e. The van der Waals surface area contributed by atoms with Gasteiger partial charge in [-0.05, 0) is 33.8 Å². The van der Waals surface area contributed by atoms with E-state index in [2.05, 4.69) is 11.7 Å². The molecule has 0 amide bonds. The highest BCUT2D eigenvalue weighted by Gasteiger charge is 2.52. The average Bonchev–Trinajstić information content (AvgIpc) is 2.31. The first-order valence-electron chi connectivity index (χ1n) is 5.43. The molecule has 1 aliphatic rings. The molecule has 0 bridgehead atoms. The fraction of sp³-hybridized carbons (Fsp3) is 0.727. The van der Waals surface area contributed by atoms with E-state index in [1.165, 1.54) is 0 Å².